The van der Waals surface area contributed by atoms with Gasteiger partial charge < -0.3 is 5.32 Å². The molecule has 1 N–H and O–H groups in total. The third-order valence-electron chi connectivity index (χ3n) is 2.81. The number of rotatable bonds is 4. The molecule has 3 nitrogen and oxygen atoms in total. The van der Waals surface area contributed by atoms with Crippen molar-refractivity contribution in [1.29, 1.82) is 0 Å². The normalized spacial score (nSPS) is 14.8. The minimum absolute atomic E-state index is 0.0715. The summed E-state index contributed by atoms with van der Waals surface area (Å²) in [7, 11) is 0. The summed E-state index contributed by atoms with van der Waals surface area (Å²) in [5.74, 6) is -0.339. The van der Waals surface area contributed by atoms with Crippen molar-refractivity contribution in [3.05, 3.63) is 29.6 Å². The summed E-state index contributed by atoms with van der Waals surface area (Å²) >= 11 is 5.74. The Balaban J connectivity index is 2.85. The lowest BCUT2D eigenvalue weighted by Crippen LogP contribution is -2.47. The highest BCUT2D eigenvalue weighted by Gasteiger charge is 2.31. The molecule has 1 aromatic heterocycles. The van der Waals surface area contributed by atoms with E-state index in [1.54, 1.807) is 6.92 Å². The molecule has 0 aliphatic rings. The maximum atomic E-state index is 12.3. The van der Waals surface area contributed by atoms with Crippen molar-refractivity contribution in [2.24, 2.45) is 0 Å². The molecule has 7 heteroatoms. The summed E-state index contributed by atoms with van der Waals surface area (Å²) in [6.07, 6.45) is -3.22. The van der Waals surface area contributed by atoms with Crippen LogP contribution in [-0.2, 0) is 6.18 Å². The van der Waals surface area contributed by atoms with Crippen LogP contribution in [0, 0.1) is 0 Å². The van der Waals surface area contributed by atoms with Gasteiger partial charge in [-0.15, -0.1) is 11.6 Å². The van der Waals surface area contributed by atoms with Crippen molar-refractivity contribution < 1.29 is 18.0 Å². The highest BCUT2D eigenvalue weighted by molar-refractivity contribution is 6.18. The van der Waals surface area contributed by atoms with Crippen molar-refractivity contribution >= 4 is 17.5 Å². The van der Waals surface area contributed by atoms with E-state index in [-0.39, 0.29) is 11.6 Å². The van der Waals surface area contributed by atoms with Gasteiger partial charge in [-0.2, -0.15) is 13.2 Å². The van der Waals surface area contributed by atoms with Crippen LogP contribution in [0.1, 0.15) is 36.3 Å². The Morgan fingerprint density at radius 3 is 2.42 bits per heavy atom. The van der Waals surface area contributed by atoms with Gasteiger partial charge in [0.1, 0.15) is 5.69 Å². The Labute approximate surface area is 114 Å². The van der Waals surface area contributed by atoms with Gasteiger partial charge in [0.15, 0.2) is 0 Å². The number of pyridine rings is 1. The number of hydrogen-bond donors (Lipinski definition) is 1. The van der Waals surface area contributed by atoms with Gasteiger partial charge >= 0.3 is 6.18 Å². The zero-order valence-electron chi connectivity index (χ0n) is 10.5. The first kappa shape index (κ1) is 15.8. The molecular weight excluding hydrogens is 281 g/mol. The third-order valence-corrected chi connectivity index (χ3v) is 3.40. The lowest BCUT2D eigenvalue weighted by atomic mass is 10.0. The third kappa shape index (κ3) is 4.09. The smallest absolute Gasteiger partial charge is 0.344 e. The molecule has 1 rings (SSSR count). The topological polar surface area (TPSA) is 42.0 Å². The highest BCUT2D eigenvalue weighted by atomic mass is 35.5. The van der Waals surface area contributed by atoms with Crippen LogP contribution >= 0.6 is 11.6 Å². The first-order chi connectivity index (χ1) is 8.72. The predicted molar refractivity (Wildman–Crippen MR) is 66.1 cm³/mol. The SMILES string of the molecule is CCC(C)(CCl)NC(=O)c1ccc(C(F)(F)F)cn1. The van der Waals surface area contributed by atoms with Crippen LogP contribution in [0.3, 0.4) is 0 Å². The predicted octanol–water partition coefficient (Wildman–Crippen LogP) is 3.24. The summed E-state index contributed by atoms with van der Waals surface area (Å²) in [6.45, 7) is 3.60. The van der Waals surface area contributed by atoms with Gasteiger partial charge in [0.05, 0.1) is 11.1 Å². The first-order valence-electron chi connectivity index (χ1n) is 5.63. The molecule has 0 spiro atoms. The second kappa shape index (κ2) is 5.77. The average molecular weight is 295 g/mol. The molecule has 0 fully saturated rings. The maximum absolute atomic E-state index is 12.3. The van der Waals surface area contributed by atoms with Gasteiger partial charge in [0.2, 0.25) is 0 Å². The Morgan fingerprint density at radius 2 is 2.05 bits per heavy atom. The molecule has 0 saturated carbocycles. The molecule has 1 aromatic rings. The number of hydrogen-bond acceptors (Lipinski definition) is 2. The zero-order valence-corrected chi connectivity index (χ0v) is 11.3. The van der Waals surface area contributed by atoms with Crippen LogP contribution in [-0.4, -0.2) is 22.3 Å². The van der Waals surface area contributed by atoms with Crippen LogP contribution in [0.2, 0.25) is 0 Å². The molecule has 0 radical (unpaired) electrons. The number of alkyl halides is 4. The summed E-state index contributed by atoms with van der Waals surface area (Å²) in [5, 5.41) is 2.65. The quantitative estimate of drug-likeness (QED) is 0.866. The number of carbonyl (C=O) groups excluding carboxylic acids is 1. The lowest BCUT2D eigenvalue weighted by Gasteiger charge is -2.26. The number of carbonyl (C=O) groups is 1. The van der Waals surface area contributed by atoms with E-state index in [0.717, 1.165) is 12.1 Å². The van der Waals surface area contributed by atoms with Crippen LogP contribution in [0.15, 0.2) is 18.3 Å². The van der Waals surface area contributed by atoms with E-state index >= 15 is 0 Å². The van der Waals surface area contributed by atoms with Crippen LogP contribution in [0.5, 0.6) is 0 Å². The second-order valence-electron chi connectivity index (χ2n) is 4.43. The van der Waals surface area contributed by atoms with Crippen LogP contribution in [0.25, 0.3) is 0 Å². The lowest BCUT2D eigenvalue weighted by molar-refractivity contribution is -0.137. The molecule has 0 aromatic carbocycles. The van der Waals surface area contributed by atoms with Crippen molar-refractivity contribution in [2.75, 3.05) is 5.88 Å². The Morgan fingerprint density at radius 1 is 1.42 bits per heavy atom. The van der Waals surface area contributed by atoms with Crippen molar-refractivity contribution in [2.45, 2.75) is 32.0 Å². The van der Waals surface area contributed by atoms with Gasteiger partial charge in [-0.1, -0.05) is 6.92 Å². The van der Waals surface area contributed by atoms with Gasteiger partial charge in [-0.25, -0.2) is 0 Å². The summed E-state index contributed by atoms with van der Waals surface area (Å²) in [5.41, 5.74) is -1.57. The van der Waals surface area contributed by atoms with Crippen molar-refractivity contribution in [1.82, 2.24) is 10.3 Å². The van der Waals surface area contributed by atoms with E-state index in [1.807, 2.05) is 6.92 Å². The van der Waals surface area contributed by atoms with E-state index in [2.05, 4.69) is 10.3 Å². The first-order valence-corrected chi connectivity index (χ1v) is 6.17. The van der Waals surface area contributed by atoms with Gasteiger partial charge in [-0.05, 0) is 25.5 Å². The van der Waals surface area contributed by atoms with E-state index in [1.165, 1.54) is 0 Å². The van der Waals surface area contributed by atoms with E-state index in [9.17, 15) is 18.0 Å². The van der Waals surface area contributed by atoms with E-state index in [4.69, 9.17) is 11.6 Å². The van der Waals surface area contributed by atoms with Gasteiger partial charge in [-0.3, -0.25) is 9.78 Å². The Hall–Kier alpha value is -1.30. The molecule has 106 valence electrons. The number of nitrogens with zero attached hydrogens (tertiary/aromatic N) is 1. The van der Waals surface area contributed by atoms with Crippen LogP contribution < -0.4 is 5.32 Å². The monoisotopic (exact) mass is 294 g/mol. The fourth-order valence-corrected chi connectivity index (χ4v) is 1.51. The molecule has 19 heavy (non-hydrogen) atoms. The number of nitrogens with one attached hydrogen (secondary N) is 1. The average Bonchev–Trinajstić information content (AvgIpc) is 2.37. The Kier molecular flexibility index (Phi) is 4.79. The molecule has 0 aliphatic carbocycles. The molecule has 0 saturated heterocycles. The largest absolute Gasteiger partial charge is 0.417 e. The number of amides is 1. The van der Waals surface area contributed by atoms with Crippen molar-refractivity contribution in [3.8, 4) is 0 Å². The van der Waals surface area contributed by atoms with Crippen molar-refractivity contribution in [3.63, 3.8) is 0 Å². The molecule has 1 unspecified atom stereocenters. The fourth-order valence-electron chi connectivity index (χ4n) is 1.25. The molecule has 0 bridgehead atoms. The molecule has 1 heterocycles. The summed E-state index contributed by atoms with van der Waals surface area (Å²) in [6, 6.07) is 1.87. The standard InChI is InChI=1S/C12H14ClF3N2O/c1-3-11(2,7-13)18-10(19)9-5-4-8(6-17-9)12(14,15)16/h4-6H,3,7H2,1-2H3,(H,18,19). The van der Waals surface area contributed by atoms with Gasteiger partial charge in [0, 0.05) is 12.1 Å². The van der Waals surface area contributed by atoms with Gasteiger partial charge in [0.25, 0.3) is 5.91 Å². The summed E-state index contributed by atoms with van der Waals surface area (Å²) in [4.78, 5) is 15.3. The van der Waals surface area contributed by atoms with E-state index in [0.29, 0.717) is 12.6 Å². The minimum Gasteiger partial charge on any atom is -0.344 e. The molecule has 0 aliphatic heterocycles. The zero-order chi connectivity index (χ0) is 14.7. The number of halogens is 4. The maximum Gasteiger partial charge on any atom is 0.417 e. The Bertz CT molecular complexity index is 441. The van der Waals surface area contributed by atoms with E-state index < -0.39 is 23.2 Å². The highest BCUT2D eigenvalue weighted by Crippen LogP contribution is 2.28. The minimum atomic E-state index is -4.46. The number of aromatic nitrogens is 1. The molecular formula is C12H14ClF3N2O. The molecule has 1 amide bonds. The second-order valence-corrected chi connectivity index (χ2v) is 4.70. The van der Waals surface area contributed by atoms with Crippen LogP contribution in [0.4, 0.5) is 13.2 Å². The molecule has 1 atom stereocenters. The summed E-state index contributed by atoms with van der Waals surface area (Å²) < 4.78 is 37.0. The fraction of sp³-hybridized carbons (Fsp3) is 0.500.